The average Bonchev–Trinajstić information content (AvgIpc) is 2.27. The number of rotatable bonds is 3. The summed E-state index contributed by atoms with van der Waals surface area (Å²) in [5.41, 5.74) is 2.52. The highest BCUT2D eigenvalue weighted by Crippen LogP contribution is 2.34. The maximum absolute atomic E-state index is 5.35. The first kappa shape index (κ1) is 13.1. The van der Waals surface area contributed by atoms with Crippen molar-refractivity contribution < 1.29 is 4.74 Å². The van der Waals surface area contributed by atoms with Gasteiger partial charge in [-0.05, 0) is 48.6 Å². The summed E-state index contributed by atoms with van der Waals surface area (Å²) < 4.78 is 5.15. The number of nitrogens with one attached hydrogen (secondary N) is 1. The number of hydrogen-bond donors (Lipinski definition) is 1. The number of thiocarbonyl (C=S) groups is 1. The molecule has 0 unspecified atom stereocenters. The third-order valence-electron chi connectivity index (χ3n) is 3.05. The van der Waals surface area contributed by atoms with E-state index in [0.29, 0.717) is 0 Å². The molecule has 0 amide bonds. The monoisotopic (exact) mass is 261 g/mol. The molecule has 1 aliphatic carbocycles. The van der Waals surface area contributed by atoms with Crippen molar-refractivity contribution >= 4 is 22.8 Å². The van der Waals surface area contributed by atoms with Gasteiger partial charge in [-0.25, -0.2) is 0 Å². The molecule has 1 N–H and O–H groups in total. The molecule has 3 heteroatoms. The van der Waals surface area contributed by atoms with Crippen LogP contribution in [0.25, 0.3) is 0 Å². The first-order chi connectivity index (χ1) is 8.48. The minimum atomic E-state index is 0.251. The summed E-state index contributed by atoms with van der Waals surface area (Å²) in [6.07, 6.45) is 4.11. The predicted octanol–water partition coefficient (Wildman–Crippen LogP) is 4.18. The molecule has 18 heavy (non-hydrogen) atoms. The van der Waals surface area contributed by atoms with Gasteiger partial charge in [0, 0.05) is 16.2 Å². The first-order valence-electron chi connectivity index (χ1n) is 6.13. The topological polar surface area (TPSA) is 21.3 Å². The number of benzene rings is 1. The molecule has 0 heterocycles. The number of allylic oxidation sites excluding steroid dienone is 2. The fourth-order valence-electron chi connectivity index (χ4n) is 2.29. The van der Waals surface area contributed by atoms with Gasteiger partial charge in [-0.3, -0.25) is 0 Å². The lowest BCUT2D eigenvalue weighted by atomic mass is 9.79. The van der Waals surface area contributed by atoms with Crippen molar-refractivity contribution in [3.63, 3.8) is 0 Å². The normalized spacial score (nSPS) is 18.2. The van der Waals surface area contributed by atoms with Crippen molar-refractivity contribution in [2.45, 2.75) is 26.7 Å². The molecule has 96 valence electrons. The number of methoxy groups -OCH3 is 1. The lowest BCUT2D eigenvalue weighted by Gasteiger charge is -2.30. The van der Waals surface area contributed by atoms with Gasteiger partial charge in [0.25, 0.3) is 0 Å². The molecule has 2 rings (SSSR count). The van der Waals surface area contributed by atoms with Gasteiger partial charge in [0.2, 0.25) is 0 Å². The molecule has 0 saturated carbocycles. The summed E-state index contributed by atoms with van der Waals surface area (Å²) in [7, 11) is 1.67. The van der Waals surface area contributed by atoms with Crippen LogP contribution in [0.5, 0.6) is 5.75 Å². The first-order valence-corrected chi connectivity index (χ1v) is 6.54. The lowest BCUT2D eigenvalue weighted by molar-refractivity contribution is 0.376. The molecule has 0 spiro atoms. The SMILES string of the molecule is COc1ccc(NC2=CC(=S)CC(C)(C)C2)cc1. The zero-order valence-electron chi connectivity index (χ0n) is 11.1. The van der Waals surface area contributed by atoms with Gasteiger partial charge < -0.3 is 10.1 Å². The fourth-order valence-corrected chi connectivity index (χ4v) is 2.82. The van der Waals surface area contributed by atoms with E-state index < -0.39 is 0 Å². The zero-order valence-corrected chi connectivity index (χ0v) is 11.9. The van der Waals surface area contributed by atoms with Crippen LogP contribution in [0.3, 0.4) is 0 Å². The van der Waals surface area contributed by atoms with E-state index in [1.54, 1.807) is 7.11 Å². The van der Waals surface area contributed by atoms with Crippen molar-refractivity contribution in [1.82, 2.24) is 0 Å². The smallest absolute Gasteiger partial charge is 0.119 e. The van der Waals surface area contributed by atoms with Crippen LogP contribution < -0.4 is 10.1 Å². The number of hydrogen-bond acceptors (Lipinski definition) is 3. The Morgan fingerprint density at radius 3 is 2.39 bits per heavy atom. The van der Waals surface area contributed by atoms with Gasteiger partial charge in [0.15, 0.2) is 0 Å². The molecule has 2 nitrogen and oxygen atoms in total. The largest absolute Gasteiger partial charge is 0.497 e. The Balaban J connectivity index is 2.11. The van der Waals surface area contributed by atoms with Crippen LogP contribution in [0, 0.1) is 5.41 Å². The average molecular weight is 261 g/mol. The Kier molecular flexibility index (Phi) is 3.71. The Morgan fingerprint density at radius 1 is 1.17 bits per heavy atom. The van der Waals surface area contributed by atoms with Crippen LogP contribution in [0.2, 0.25) is 0 Å². The zero-order chi connectivity index (χ0) is 13.2. The molecule has 0 fully saturated rings. The highest BCUT2D eigenvalue weighted by atomic mass is 32.1. The maximum Gasteiger partial charge on any atom is 0.119 e. The van der Waals surface area contributed by atoms with Crippen molar-refractivity contribution in [3.05, 3.63) is 36.0 Å². The second kappa shape index (κ2) is 5.11. The van der Waals surface area contributed by atoms with E-state index in [4.69, 9.17) is 17.0 Å². The van der Waals surface area contributed by atoms with E-state index in [-0.39, 0.29) is 5.41 Å². The van der Waals surface area contributed by atoms with Crippen molar-refractivity contribution in [1.29, 1.82) is 0 Å². The summed E-state index contributed by atoms with van der Waals surface area (Å²) in [4.78, 5) is 1.03. The molecule has 1 aliphatic rings. The molecule has 0 atom stereocenters. The van der Waals surface area contributed by atoms with Crippen molar-refractivity contribution in [2.24, 2.45) is 5.41 Å². The third kappa shape index (κ3) is 3.33. The summed E-state index contributed by atoms with van der Waals surface area (Å²) >= 11 is 5.35. The van der Waals surface area contributed by atoms with Gasteiger partial charge in [0.1, 0.15) is 5.75 Å². The highest BCUT2D eigenvalue weighted by molar-refractivity contribution is 7.80. The maximum atomic E-state index is 5.35. The van der Waals surface area contributed by atoms with Crippen LogP contribution >= 0.6 is 12.2 Å². The summed E-state index contributed by atoms with van der Waals surface area (Å²) in [6, 6.07) is 7.94. The standard InChI is InChI=1S/C15H19NOS/c1-15(2)9-12(8-14(18)10-15)16-11-4-6-13(17-3)7-5-11/h4-8,16H,9-10H2,1-3H3. The van der Waals surface area contributed by atoms with Crippen molar-refractivity contribution in [3.8, 4) is 5.75 Å². The van der Waals surface area contributed by atoms with Gasteiger partial charge in [0.05, 0.1) is 7.11 Å². The van der Waals surface area contributed by atoms with Gasteiger partial charge >= 0.3 is 0 Å². The van der Waals surface area contributed by atoms with E-state index in [1.165, 1.54) is 5.70 Å². The van der Waals surface area contributed by atoms with E-state index in [2.05, 4.69) is 25.2 Å². The van der Waals surface area contributed by atoms with Gasteiger partial charge in [-0.1, -0.05) is 26.1 Å². The van der Waals surface area contributed by atoms with Crippen LogP contribution in [-0.2, 0) is 0 Å². The predicted molar refractivity (Wildman–Crippen MR) is 80.3 cm³/mol. The van der Waals surface area contributed by atoms with Crippen LogP contribution in [0.15, 0.2) is 36.0 Å². The Hall–Kier alpha value is -1.35. The van der Waals surface area contributed by atoms with E-state index >= 15 is 0 Å². The summed E-state index contributed by atoms with van der Waals surface area (Å²) in [6.45, 7) is 4.50. The van der Waals surface area contributed by atoms with Crippen molar-refractivity contribution in [2.75, 3.05) is 12.4 Å². The number of anilines is 1. The van der Waals surface area contributed by atoms with E-state index in [0.717, 1.165) is 29.1 Å². The summed E-state index contributed by atoms with van der Waals surface area (Å²) in [5, 5.41) is 3.44. The molecule has 0 radical (unpaired) electrons. The Morgan fingerprint density at radius 2 is 1.83 bits per heavy atom. The quantitative estimate of drug-likeness (QED) is 0.825. The second-order valence-corrected chi connectivity index (χ2v) is 6.03. The van der Waals surface area contributed by atoms with Gasteiger partial charge in [-0.15, -0.1) is 0 Å². The van der Waals surface area contributed by atoms with Crippen LogP contribution in [0.4, 0.5) is 5.69 Å². The second-order valence-electron chi connectivity index (χ2n) is 5.51. The Bertz CT molecular complexity index is 474. The molecular formula is C15H19NOS. The number of ether oxygens (including phenoxy) is 1. The minimum Gasteiger partial charge on any atom is -0.497 e. The molecular weight excluding hydrogens is 242 g/mol. The molecule has 0 aliphatic heterocycles. The van der Waals surface area contributed by atoms with E-state index in [1.807, 2.05) is 24.3 Å². The van der Waals surface area contributed by atoms with Crippen LogP contribution in [-0.4, -0.2) is 12.0 Å². The summed E-state index contributed by atoms with van der Waals surface area (Å²) in [5.74, 6) is 0.869. The molecule has 1 aromatic rings. The molecule has 0 aromatic heterocycles. The lowest BCUT2D eigenvalue weighted by Crippen LogP contribution is -2.23. The third-order valence-corrected chi connectivity index (χ3v) is 3.31. The highest BCUT2D eigenvalue weighted by Gasteiger charge is 2.25. The fraction of sp³-hybridized carbons (Fsp3) is 0.400. The van der Waals surface area contributed by atoms with Crippen LogP contribution in [0.1, 0.15) is 26.7 Å². The minimum absolute atomic E-state index is 0.251. The molecule has 1 aromatic carbocycles. The molecule has 0 bridgehead atoms. The van der Waals surface area contributed by atoms with E-state index in [9.17, 15) is 0 Å². The Labute approximate surface area is 114 Å². The molecule has 0 saturated heterocycles. The van der Waals surface area contributed by atoms with Gasteiger partial charge in [-0.2, -0.15) is 0 Å².